The first-order chi connectivity index (χ1) is 11.2. The number of H-pyrrole nitrogens is 1. The van der Waals surface area contributed by atoms with Crippen molar-refractivity contribution in [2.24, 2.45) is 5.73 Å². The smallest absolute Gasteiger partial charge is 0.267 e. The SMILES string of the molecule is COc1ccc(-c2ccc3[nH]c(C(=O)NCCN)cc3c2)cn1.Cl.Cl. The topological polar surface area (TPSA) is 93.0 Å². The molecule has 8 heteroatoms. The lowest BCUT2D eigenvalue weighted by atomic mass is 10.1. The minimum atomic E-state index is -0.153. The van der Waals surface area contributed by atoms with Crippen molar-refractivity contribution in [1.82, 2.24) is 15.3 Å². The monoisotopic (exact) mass is 382 g/mol. The average Bonchev–Trinajstić information content (AvgIpc) is 3.03. The third-order valence-corrected chi connectivity index (χ3v) is 3.57. The van der Waals surface area contributed by atoms with E-state index in [9.17, 15) is 4.79 Å². The van der Waals surface area contributed by atoms with Crippen LogP contribution in [0.5, 0.6) is 5.88 Å². The summed E-state index contributed by atoms with van der Waals surface area (Å²) in [6.45, 7) is 0.873. The Morgan fingerprint density at radius 1 is 1.20 bits per heavy atom. The third kappa shape index (κ3) is 4.63. The van der Waals surface area contributed by atoms with Crippen LogP contribution < -0.4 is 15.8 Å². The molecular formula is C17H20Cl2N4O2. The number of benzene rings is 1. The van der Waals surface area contributed by atoms with Gasteiger partial charge in [-0.05, 0) is 29.8 Å². The van der Waals surface area contributed by atoms with Gasteiger partial charge in [0.2, 0.25) is 5.88 Å². The number of aromatic amines is 1. The molecule has 0 atom stereocenters. The summed E-state index contributed by atoms with van der Waals surface area (Å²) >= 11 is 0. The van der Waals surface area contributed by atoms with E-state index in [0.717, 1.165) is 22.0 Å². The zero-order valence-corrected chi connectivity index (χ0v) is 15.2. The van der Waals surface area contributed by atoms with Gasteiger partial charge in [-0.2, -0.15) is 0 Å². The zero-order chi connectivity index (χ0) is 16.2. The van der Waals surface area contributed by atoms with E-state index >= 15 is 0 Å². The summed E-state index contributed by atoms with van der Waals surface area (Å²) in [5.74, 6) is 0.426. The van der Waals surface area contributed by atoms with Gasteiger partial charge in [0.15, 0.2) is 0 Å². The van der Waals surface area contributed by atoms with Crippen molar-refractivity contribution in [3.63, 3.8) is 0 Å². The molecule has 0 bridgehead atoms. The van der Waals surface area contributed by atoms with Crippen LogP contribution in [-0.2, 0) is 0 Å². The van der Waals surface area contributed by atoms with Crippen LogP contribution in [0.3, 0.4) is 0 Å². The Morgan fingerprint density at radius 3 is 2.60 bits per heavy atom. The highest BCUT2D eigenvalue weighted by Gasteiger charge is 2.09. The lowest BCUT2D eigenvalue weighted by Gasteiger charge is -2.03. The zero-order valence-electron chi connectivity index (χ0n) is 13.6. The first-order valence-electron chi connectivity index (χ1n) is 7.32. The second-order valence-corrected chi connectivity index (χ2v) is 5.12. The molecule has 2 heterocycles. The van der Waals surface area contributed by atoms with Crippen molar-refractivity contribution in [1.29, 1.82) is 0 Å². The Labute approximate surface area is 158 Å². The van der Waals surface area contributed by atoms with Gasteiger partial charge in [0.05, 0.1) is 7.11 Å². The third-order valence-electron chi connectivity index (χ3n) is 3.57. The number of nitrogens with zero attached hydrogens (tertiary/aromatic N) is 1. The minimum Gasteiger partial charge on any atom is -0.481 e. The number of nitrogens with one attached hydrogen (secondary N) is 2. The van der Waals surface area contributed by atoms with Gasteiger partial charge in [-0.1, -0.05) is 6.07 Å². The Balaban J connectivity index is 0.00000156. The highest BCUT2D eigenvalue weighted by molar-refractivity contribution is 5.98. The number of pyridine rings is 1. The number of aromatic nitrogens is 2. The molecule has 3 rings (SSSR count). The highest BCUT2D eigenvalue weighted by Crippen LogP contribution is 2.25. The first kappa shape index (κ1) is 20.8. The Bertz CT molecular complexity index is 834. The van der Waals surface area contributed by atoms with E-state index in [4.69, 9.17) is 10.5 Å². The molecule has 134 valence electrons. The maximum Gasteiger partial charge on any atom is 0.267 e. The molecule has 0 saturated heterocycles. The highest BCUT2D eigenvalue weighted by atomic mass is 35.5. The Kier molecular flexibility index (Phi) is 7.70. The van der Waals surface area contributed by atoms with Gasteiger partial charge in [-0.15, -0.1) is 24.8 Å². The first-order valence-corrected chi connectivity index (χ1v) is 7.32. The standard InChI is InChI=1S/C17H18N4O2.2ClH/c1-23-16-5-3-12(10-20-16)11-2-4-14-13(8-11)9-15(21-14)17(22)19-7-6-18;;/h2-5,8-10,21H,6-7,18H2,1H3,(H,19,22);2*1H. The van der Waals surface area contributed by atoms with E-state index in [1.807, 2.05) is 36.4 Å². The molecule has 0 fully saturated rings. The molecule has 4 N–H and O–H groups in total. The molecule has 0 spiro atoms. The number of hydrogen-bond donors (Lipinski definition) is 3. The predicted molar refractivity (Wildman–Crippen MR) is 104 cm³/mol. The van der Waals surface area contributed by atoms with Crippen LogP contribution in [-0.4, -0.2) is 36.1 Å². The average molecular weight is 383 g/mol. The molecule has 3 aromatic rings. The molecule has 25 heavy (non-hydrogen) atoms. The fourth-order valence-corrected chi connectivity index (χ4v) is 2.39. The van der Waals surface area contributed by atoms with Gasteiger partial charge in [-0.25, -0.2) is 4.98 Å². The molecule has 0 aliphatic carbocycles. The Hall–Kier alpha value is -2.28. The number of nitrogens with two attached hydrogens (primary N) is 1. The number of hydrogen-bond acceptors (Lipinski definition) is 4. The molecule has 0 aliphatic heterocycles. The van der Waals surface area contributed by atoms with Crippen LogP contribution in [0.15, 0.2) is 42.6 Å². The fraction of sp³-hybridized carbons (Fsp3) is 0.176. The van der Waals surface area contributed by atoms with Crippen LogP contribution in [0.25, 0.3) is 22.0 Å². The molecule has 6 nitrogen and oxygen atoms in total. The van der Waals surface area contributed by atoms with Crippen LogP contribution in [0, 0.1) is 0 Å². The summed E-state index contributed by atoms with van der Waals surface area (Å²) in [5, 5.41) is 3.72. The fourth-order valence-electron chi connectivity index (χ4n) is 2.39. The van der Waals surface area contributed by atoms with Gasteiger partial charge in [0.25, 0.3) is 5.91 Å². The second-order valence-electron chi connectivity index (χ2n) is 5.12. The quantitative estimate of drug-likeness (QED) is 0.632. The number of fused-ring (bicyclic) bond motifs is 1. The van der Waals surface area contributed by atoms with E-state index in [1.54, 1.807) is 13.3 Å². The normalized spacial score (nSPS) is 9.84. The maximum atomic E-state index is 12.0. The van der Waals surface area contributed by atoms with Gasteiger partial charge in [-0.3, -0.25) is 4.79 Å². The largest absolute Gasteiger partial charge is 0.481 e. The molecule has 0 aliphatic rings. The predicted octanol–water partition coefficient (Wildman–Crippen LogP) is 2.77. The van der Waals surface area contributed by atoms with Crippen LogP contribution in [0.4, 0.5) is 0 Å². The number of halogens is 2. The molecule has 1 amide bonds. The van der Waals surface area contributed by atoms with Gasteiger partial charge >= 0.3 is 0 Å². The number of carbonyl (C=O) groups is 1. The summed E-state index contributed by atoms with van der Waals surface area (Å²) < 4.78 is 5.07. The summed E-state index contributed by atoms with van der Waals surface area (Å²) in [6, 6.07) is 11.6. The van der Waals surface area contributed by atoms with Gasteiger partial charge in [0, 0.05) is 41.8 Å². The van der Waals surface area contributed by atoms with E-state index in [0.29, 0.717) is 24.7 Å². The number of amides is 1. The Morgan fingerprint density at radius 2 is 1.96 bits per heavy atom. The molecular weight excluding hydrogens is 363 g/mol. The van der Waals surface area contributed by atoms with Crippen molar-refractivity contribution in [3.05, 3.63) is 48.3 Å². The molecule has 0 radical (unpaired) electrons. The molecule has 1 aromatic carbocycles. The summed E-state index contributed by atoms with van der Waals surface area (Å²) in [6.07, 6.45) is 1.77. The second kappa shape index (κ2) is 9.27. The van der Waals surface area contributed by atoms with Crippen molar-refractivity contribution in [2.45, 2.75) is 0 Å². The number of ether oxygens (including phenoxy) is 1. The van der Waals surface area contributed by atoms with Crippen LogP contribution in [0.1, 0.15) is 10.5 Å². The lowest BCUT2D eigenvalue weighted by Crippen LogP contribution is -2.29. The van der Waals surface area contributed by atoms with Gasteiger partial charge in [0.1, 0.15) is 5.69 Å². The van der Waals surface area contributed by atoms with Crippen molar-refractivity contribution >= 4 is 41.6 Å². The van der Waals surface area contributed by atoms with E-state index in [-0.39, 0.29) is 30.7 Å². The molecule has 0 unspecified atom stereocenters. The van der Waals surface area contributed by atoms with E-state index in [1.165, 1.54) is 0 Å². The summed E-state index contributed by atoms with van der Waals surface area (Å²) in [7, 11) is 1.59. The molecule has 2 aromatic heterocycles. The van der Waals surface area contributed by atoms with Crippen molar-refractivity contribution < 1.29 is 9.53 Å². The van der Waals surface area contributed by atoms with Crippen molar-refractivity contribution in [2.75, 3.05) is 20.2 Å². The minimum absolute atomic E-state index is 0. The summed E-state index contributed by atoms with van der Waals surface area (Å²) in [5.41, 5.74) is 8.85. The number of methoxy groups -OCH3 is 1. The number of rotatable bonds is 5. The van der Waals surface area contributed by atoms with E-state index in [2.05, 4.69) is 15.3 Å². The van der Waals surface area contributed by atoms with Crippen molar-refractivity contribution in [3.8, 4) is 17.0 Å². The maximum absolute atomic E-state index is 12.0. The van der Waals surface area contributed by atoms with E-state index < -0.39 is 0 Å². The van der Waals surface area contributed by atoms with Crippen LogP contribution >= 0.6 is 24.8 Å². The lowest BCUT2D eigenvalue weighted by molar-refractivity contribution is 0.0950. The molecule has 0 saturated carbocycles. The number of carbonyl (C=O) groups excluding carboxylic acids is 1. The van der Waals surface area contributed by atoms with Crippen LogP contribution in [0.2, 0.25) is 0 Å². The van der Waals surface area contributed by atoms with Gasteiger partial charge < -0.3 is 20.8 Å². The summed E-state index contributed by atoms with van der Waals surface area (Å²) in [4.78, 5) is 19.3.